The third-order valence-electron chi connectivity index (χ3n) is 2.93. The highest BCUT2D eigenvalue weighted by molar-refractivity contribution is 9.10. The van der Waals surface area contributed by atoms with Gasteiger partial charge in [0.05, 0.1) is 6.04 Å². The monoisotopic (exact) mass is 342 g/mol. The van der Waals surface area contributed by atoms with E-state index in [9.17, 15) is 4.39 Å². The minimum absolute atomic E-state index is 0.0725. The first kappa shape index (κ1) is 14.6. The number of rotatable bonds is 4. The van der Waals surface area contributed by atoms with Crippen molar-refractivity contribution in [3.05, 3.63) is 50.1 Å². The van der Waals surface area contributed by atoms with Crippen molar-refractivity contribution < 1.29 is 4.39 Å². The molecule has 2 unspecified atom stereocenters. The van der Waals surface area contributed by atoms with Gasteiger partial charge in [-0.2, -0.15) is 0 Å². The Kier molecular flexibility index (Phi) is 4.71. The van der Waals surface area contributed by atoms with Gasteiger partial charge < -0.3 is 5.32 Å². The molecule has 1 aromatic carbocycles. The summed E-state index contributed by atoms with van der Waals surface area (Å²) in [6, 6.07) is 5.03. The van der Waals surface area contributed by atoms with Crippen LogP contribution in [0.15, 0.2) is 28.1 Å². The minimum atomic E-state index is -0.189. The molecule has 0 spiro atoms. The summed E-state index contributed by atoms with van der Waals surface area (Å²) >= 11 is 5.00. The van der Waals surface area contributed by atoms with Gasteiger partial charge in [0.1, 0.15) is 10.8 Å². The van der Waals surface area contributed by atoms with Gasteiger partial charge in [-0.05, 0) is 39.0 Å². The van der Waals surface area contributed by atoms with Gasteiger partial charge in [-0.15, -0.1) is 11.3 Å². The fourth-order valence-corrected chi connectivity index (χ4v) is 3.15. The first-order chi connectivity index (χ1) is 8.97. The average molecular weight is 343 g/mol. The van der Waals surface area contributed by atoms with Crippen LogP contribution in [0.25, 0.3) is 0 Å². The molecule has 5 heteroatoms. The number of hydrogen-bond donors (Lipinski definition) is 1. The molecule has 2 atom stereocenters. The highest BCUT2D eigenvalue weighted by Gasteiger charge is 2.16. The van der Waals surface area contributed by atoms with Gasteiger partial charge in [-0.25, -0.2) is 9.37 Å². The lowest BCUT2D eigenvalue weighted by Crippen LogP contribution is -2.23. The van der Waals surface area contributed by atoms with Crippen LogP contribution in [-0.4, -0.2) is 4.98 Å². The molecule has 0 bridgehead atoms. The maximum Gasteiger partial charge on any atom is 0.128 e. The lowest BCUT2D eigenvalue weighted by atomic mass is 10.1. The van der Waals surface area contributed by atoms with E-state index in [1.54, 1.807) is 17.4 Å². The molecule has 102 valence electrons. The van der Waals surface area contributed by atoms with E-state index in [0.717, 1.165) is 15.2 Å². The summed E-state index contributed by atoms with van der Waals surface area (Å²) in [5.41, 5.74) is 1.68. The fraction of sp³-hybridized carbons (Fsp3) is 0.357. The van der Waals surface area contributed by atoms with E-state index < -0.39 is 0 Å². The van der Waals surface area contributed by atoms with E-state index >= 15 is 0 Å². The van der Waals surface area contributed by atoms with E-state index in [4.69, 9.17) is 0 Å². The maximum absolute atomic E-state index is 13.8. The molecule has 0 fully saturated rings. The smallest absolute Gasteiger partial charge is 0.128 e. The maximum atomic E-state index is 13.8. The van der Waals surface area contributed by atoms with E-state index in [-0.39, 0.29) is 17.9 Å². The van der Waals surface area contributed by atoms with Crippen molar-refractivity contribution in [3.63, 3.8) is 0 Å². The Labute approximate surface area is 125 Å². The SMILES string of the molecule is Cc1csc(C(C)NC(C)c2cc(Br)ccc2F)n1. The van der Waals surface area contributed by atoms with E-state index in [1.165, 1.54) is 6.07 Å². The minimum Gasteiger partial charge on any atom is -0.301 e. The quantitative estimate of drug-likeness (QED) is 0.865. The number of nitrogens with zero attached hydrogens (tertiary/aromatic N) is 1. The molecule has 2 nitrogen and oxygen atoms in total. The van der Waals surface area contributed by atoms with Gasteiger partial charge in [0.15, 0.2) is 0 Å². The Balaban J connectivity index is 2.12. The molecule has 0 amide bonds. The zero-order valence-corrected chi connectivity index (χ0v) is 13.5. The molecule has 0 aliphatic heterocycles. The number of aromatic nitrogens is 1. The first-order valence-corrected chi connectivity index (χ1v) is 7.77. The number of hydrogen-bond acceptors (Lipinski definition) is 3. The second kappa shape index (κ2) is 6.11. The van der Waals surface area contributed by atoms with E-state index in [1.807, 2.05) is 32.2 Å². The Morgan fingerprint density at radius 2 is 2.05 bits per heavy atom. The molecule has 2 rings (SSSR count). The molecule has 0 radical (unpaired) electrons. The van der Waals surface area contributed by atoms with Crippen LogP contribution in [0.3, 0.4) is 0 Å². The zero-order chi connectivity index (χ0) is 14.0. The molecule has 2 aromatic rings. The predicted molar refractivity (Wildman–Crippen MR) is 80.9 cm³/mol. The van der Waals surface area contributed by atoms with Crippen molar-refractivity contribution in [1.82, 2.24) is 10.3 Å². The van der Waals surface area contributed by atoms with Crippen molar-refractivity contribution in [1.29, 1.82) is 0 Å². The normalized spacial score (nSPS) is 14.4. The zero-order valence-electron chi connectivity index (χ0n) is 11.1. The number of benzene rings is 1. The highest BCUT2D eigenvalue weighted by atomic mass is 79.9. The van der Waals surface area contributed by atoms with Crippen molar-refractivity contribution >= 4 is 27.3 Å². The third-order valence-corrected chi connectivity index (χ3v) is 4.57. The van der Waals surface area contributed by atoms with Crippen LogP contribution in [0.4, 0.5) is 4.39 Å². The summed E-state index contributed by atoms with van der Waals surface area (Å²) in [5, 5.41) is 6.43. The van der Waals surface area contributed by atoms with E-state index in [0.29, 0.717) is 5.56 Å². The van der Waals surface area contributed by atoms with Gasteiger partial charge in [0.2, 0.25) is 0 Å². The van der Waals surface area contributed by atoms with Crippen LogP contribution in [-0.2, 0) is 0 Å². The molecule has 19 heavy (non-hydrogen) atoms. The highest BCUT2D eigenvalue weighted by Crippen LogP contribution is 2.25. The summed E-state index contributed by atoms with van der Waals surface area (Å²) in [6.07, 6.45) is 0. The number of aryl methyl sites for hydroxylation is 1. The van der Waals surface area contributed by atoms with Crippen LogP contribution in [0.1, 0.15) is 42.2 Å². The first-order valence-electron chi connectivity index (χ1n) is 6.10. The van der Waals surface area contributed by atoms with E-state index in [2.05, 4.69) is 26.2 Å². The number of nitrogens with one attached hydrogen (secondary N) is 1. The Hall–Kier alpha value is -0.780. The Morgan fingerprint density at radius 3 is 2.68 bits per heavy atom. The lowest BCUT2D eigenvalue weighted by molar-refractivity contribution is 0.472. The average Bonchev–Trinajstić information content (AvgIpc) is 2.79. The predicted octanol–water partition coefficient (Wildman–Crippen LogP) is 4.76. The van der Waals surface area contributed by atoms with Crippen molar-refractivity contribution in [2.75, 3.05) is 0 Å². The second-order valence-corrected chi connectivity index (χ2v) is 6.41. The molecule has 1 aromatic heterocycles. The molecular formula is C14H16BrFN2S. The van der Waals surface area contributed by atoms with Crippen LogP contribution >= 0.6 is 27.3 Å². The van der Waals surface area contributed by atoms with Crippen LogP contribution in [0, 0.1) is 12.7 Å². The van der Waals surface area contributed by atoms with Gasteiger partial charge in [-0.1, -0.05) is 15.9 Å². The van der Waals surface area contributed by atoms with Crippen LogP contribution < -0.4 is 5.32 Å². The largest absolute Gasteiger partial charge is 0.301 e. The van der Waals surface area contributed by atoms with Crippen molar-refractivity contribution in [2.45, 2.75) is 32.9 Å². The fourth-order valence-electron chi connectivity index (χ4n) is 1.95. The number of thiazole rings is 1. The Bertz CT molecular complexity index is 570. The van der Waals surface area contributed by atoms with Crippen LogP contribution in [0.2, 0.25) is 0 Å². The summed E-state index contributed by atoms with van der Waals surface area (Å²) in [6.45, 7) is 5.98. The summed E-state index contributed by atoms with van der Waals surface area (Å²) in [5.74, 6) is -0.189. The van der Waals surface area contributed by atoms with Crippen molar-refractivity contribution in [2.24, 2.45) is 0 Å². The standard InChI is InChI=1S/C14H16BrFN2S/c1-8-7-19-14(17-8)10(3)18-9(2)12-6-11(15)4-5-13(12)16/h4-7,9-10,18H,1-3H3. The molecule has 1 N–H and O–H groups in total. The Morgan fingerprint density at radius 1 is 1.32 bits per heavy atom. The third kappa shape index (κ3) is 3.61. The van der Waals surface area contributed by atoms with Gasteiger partial charge in [-0.3, -0.25) is 0 Å². The molecule has 0 saturated carbocycles. The molecule has 1 heterocycles. The summed E-state index contributed by atoms with van der Waals surface area (Å²) < 4.78 is 14.7. The lowest BCUT2D eigenvalue weighted by Gasteiger charge is -2.19. The van der Waals surface area contributed by atoms with Gasteiger partial charge >= 0.3 is 0 Å². The topological polar surface area (TPSA) is 24.9 Å². The second-order valence-electron chi connectivity index (χ2n) is 4.60. The van der Waals surface area contributed by atoms with Gasteiger partial charge in [0.25, 0.3) is 0 Å². The molecule has 0 aliphatic carbocycles. The summed E-state index contributed by atoms with van der Waals surface area (Å²) in [4.78, 5) is 4.45. The summed E-state index contributed by atoms with van der Waals surface area (Å²) in [7, 11) is 0. The molecule has 0 aliphatic rings. The molecular weight excluding hydrogens is 327 g/mol. The van der Waals surface area contributed by atoms with Gasteiger partial charge in [0, 0.05) is 27.2 Å². The van der Waals surface area contributed by atoms with Crippen LogP contribution in [0.5, 0.6) is 0 Å². The molecule has 0 saturated heterocycles. The van der Waals surface area contributed by atoms with Crippen molar-refractivity contribution in [3.8, 4) is 0 Å². The number of halogens is 2.